The summed E-state index contributed by atoms with van der Waals surface area (Å²) in [4.78, 5) is 22.0. The van der Waals surface area contributed by atoms with Crippen LogP contribution in [0.5, 0.6) is 0 Å². The molecule has 86 valence electrons. The normalized spacial score (nSPS) is 21.2. The third-order valence-corrected chi connectivity index (χ3v) is 3.50. The van der Waals surface area contributed by atoms with Crippen molar-refractivity contribution in [1.82, 2.24) is 14.9 Å². The smallest absolute Gasteiger partial charge is 0.236 e. The van der Waals surface area contributed by atoms with Crippen LogP contribution in [-0.4, -0.2) is 32.1 Å². The first-order chi connectivity index (χ1) is 7.66. The average molecular weight is 284 g/mol. The quantitative estimate of drug-likeness (QED) is 0.776. The number of piperidine rings is 1. The first-order valence-electron chi connectivity index (χ1n) is 5.38. The molecule has 1 aromatic heterocycles. The van der Waals surface area contributed by atoms with E-state index in [1.54, 1.807) is 6.20 Å². The Balaban J connectivity index is 2.06. The van der Waals surface area contributed by atoms with Crippen molar-refractivity contribution in [2.75, 3.05) is 6.54 Å². The maximum absolute atomic E-state index is 11.9. The summed E-state index contributed by atoms with van der Waals surface area (Å²) in [6.45, 7) is 3.27. The SMILES string of the molecule is Cc1nccc(CN2CCCC(Br)C2=O)n1. The number of likely N-dealkylation sites (tertiary alicyclic amines) is 1. The van der Waals surface area contributed by atoms with E-state index < -0.39 is 0 Å². The van der Waals surface area contributed by atoms with Gasteiger partial charge in [0.2, 0.25) is 5.91 Å². The summed E-state index contributed by atoms with van der Waals surface area (Å²) in [7, 11) is 0. The lowest BCUT2D eigenvalue weighted by Crippen LogP contribution is -2.41. The molecule has 0 saturated carbocycles. The van der Waals surface area contributed by atoms with E-state index in [0.717, 1.165) is 30.9 Å². The Morgan fingerprint density at radius 1 is 1.62 bits per heavy atom. The number of amides is 1. The zero-order valence-electron chi connectivity index (χ0n) is 9.19. The standard InChI is InChI=1S/C11H14BrN3O/c1-8-13-5-4-9(14-8)7-15-6-2-3-10(12)11(15)16/h4-5,10H,2-3,6-7H2,1H3. The van der Waals surface area contributed by atoms with Gasteiger partial charge in [0.15, 0.2) is 0 Å². The van der Waals surface area contributed by atoms with Crippen molar-refractivity contribution in [3.05, 3.63) is 23.8 Å². The number of carbonyl (C=O) groups excluding carboxylic acids is 1. The Morgan fingerprint density at radius 2 is 2.44 bits per heavy atom. The summed E-state index contributed by atoms with van der Waals surface area (Å²) in [5.41, 5.74) is 0.905. The monoisotopic (exact) mass is 283 g/mol. The number of rotatable bonds is 2. The van der Waals surface area contributed by atoms with Crippen LogP contribution in [0.1, 0.15) is 24.4 Å². The zero-order chi connectivity index (χ0) is 11.5. The molecular weight excluding hydrogens is 270 g/mol. The second-order valence-corrected chi connectivity index (χ2v) is 5.07. The Morgan fingerprint density at radius 3 is 3.19 bits per heavy atom. The van der Waals surface area contributed by atoms with Gasteiger partial charge in [-0.15, -0.1) is 0 Å². The molecule has 0 aromatic carbocycles. The molecule has 4 nitrogen and oxygen atoms in total. The fourth-order valence-electron chi connectivity index (χ4n) is 1.84. The first-order valence-corrected chi connectivity index (χ1v) is 6.30. The van der Waals surface area contributed by atoms with Crippen LogP contribution in [0.15, 0.2) is 12.3 Å². The van der Waals surface area contributed by atoms with Gasteiger partial charge in [-0.1, -0.05) is 15.9 Å². The molecule has 0 N–H and O–H groups in total. The second-order valence-electron chi connectivity index (χ2n) is 3.96. The number of aryl methyl sites for hydroxylation is 1. The third-order valence-electron chi connectivity index (χ3n) is 2.65. The van der Waals surface area contributed by atoms with Gasteiger partial charge in [-0.2, -0.15) is 0 Å². The number of hydrogen-bond acceptors (Lipinski definition) is 3. The van der Waals surface area contributed by atoms with E-state index in [-0.39, 0.29) is 10.7 Å². The molecule has 0 spiro atoms. The lowest BCUT2D eigenvalue weighted by molar-refractivity contribution is -0.133. The summed E-state index contributed by atoms with van der Waals surface area (Å²) < 4.78 is 0. The Labute approximate surface area is 103 Å². The summed E-state index contributed by atoms with van der Waals surface area (Å²) in [6.07, 6.45) is 3.71. The van der Waals surface area contributed by atoms with Crippen LogP contribution >= 0.6 is 15.9 Å². The van der Waals surface area contributed by atoms with Crippen LogP contribution in [0.3, 0.4) is 0 Å². The van der Waals surface area contributed by atoms with Gasteiger partial charge in [0, 0.05) is 12.7 Å². The fourth-order valence-corrected chi connectivity index (χ4v) is 2.45. The van der Waals surface area contributed by atoms with E-state index in [9.17, 15) is 4.79 Å². The molecule has 0 radical (unpaired) electrons. The molecular formula is C11H14BrN3O. The minimum atomic E-state index is -0.0239. The zero-order valence-corrected chi connectivity index (χ0v) is 10.8. The highest BCUT2D eigenvalue weighted by Gasteiger charge is 2.26. The summed E-state index contributed by atoms with van der Waals surface area (Å²) in [5.74, 6) is 0.917. The molecule has 1 aromatic rings. The van der Waals surface area contributed by atoms with E-state index >= 15 is 0 Å². The van der Waals surface area contributed by atoms with Crippen molar-refractivity contribution in [1.29, 1.82) is 0 Å². The molecule has 1 saturated heterocycles. The number of nitrogens with zero attached hydrogens (tertiary/aromatic N) is 3. The number of alkyl halides is 1. The molecule has 1 amide bonds. The molecule has 5 heteroatoms. The Bertz CT molecular complexity index is 397. The predicted octanol–water partition coefficient (Wildman–Crippen LogP) is 1.67. The Hall–Kier alpha value is -0.970. The van der Waals surface area contributed by atoms with Crippen LogP contribution in [0.4, 0.5) is 0 Å². The first kappa shape index (κ1) is 11.5. The summed E-state index contributed by atoms with van der Waals surface area (Å²) in [6, 6.07) is 1.86. The van der Waals surface area contributed by atoms with Crippen molar-refractivity contribution in [3.63, 3.8) is 0 Å². The molecule has 0 aliphatic carbocycles. The van der Waals surface area contributed by atoms with Gasteiger partial charge in [0.05, 0.1) is 17.1 Å². The van der Waals surface area contributed by atoms with Gasteiger partial charge in [0.1, 0.15) is 5.82 Å². The van der Waals surface area contributed by atoms with Gasteiger partial charge >= 0.3 is 0 Å². The predicted molar refractivity (Wildman–Crippen MR) is 64.1 cm³/mol. The maximum Gasteiger partial charge on any atom is 0.236 e. The van der Waals surface area contributed by atoms with Crippen LogP contribution in [0.25, 0.3) is 0 Å². The van der Waals surface area contributed by atoms with Crippen molar-refractivity contribution in [2.45, 2.75) is 31.1 Å². The highest BCUT2D eigenvalue weighted by molar-refractivity contribution is 9.10. The van der Waals surface area contributed by atoms with E-state index in [0.29, 0.717) is 6.54 Å². The van der Waals surface area contributed by atoms with Crippen LogP contribution in [0.2, 0.25) is 0 Å². The average Bonchev–Trinajstić information content (AvgIpc) is 2.25. The van der Waals surface area contributed by atoms with E-state index in [4.69, 9.17) is 0 Å². The van der Waals surface area contributed by atoms with E-state index in [1.807, 2.05) is 17.9 Å². The molecule has 2 heterocycles. The van der Waals surface area contributed by atoms with Gasteiger partial charge in [-0.3, -0.25) is 4.79 Å². The van der Waals surface area contributed by atoms with Gasteiger partial charge in [-0.05, 0) is 25.8 Å². The topological polar surface area (TPSA) is 46.1 Å². The second kappa shape index (κ2) is 4.91. The number of halogens is 1. The van der Waals surface area contributed by atoms with Gasteiger partial charge in [-0.25, -0.2) is 9.97 Å². The molecule has 16 heavy (non-hydrogen) atoms. The van der Waals surface area contributed by atoms with Crippen molar-refractivity contribution >= 4 is 21.8 Å². The highest BCUT2D eigenvalue weighted by atomic mass is 79.9. The van der Waals surface area contributed by atoms with Crippen molar-refractivity contribution in [3.8, 4) is 0 Å². The van der Waals surface area contributed by atoms with Gasteiger partial charge < -0.3 is 4.90 Å². The minimum absolute atomic E-state index is 0.0239. The Kier molecular flexibility index (Phi) is 3.53. The number of hydrogen-bond donors (Lipinski definition) is 0. The van der Waals surface area contributed by atoms with E-state index in [1.165, 1.54) is 0 Å². The molecule has 1 atom stereocenters. The van der Waals surface area contributed by atoms with Gasteiger partial charge in [0.25, 0.3) is 0 Å². The molecule has 1 unspecified atom stereocenters. The lowest BCUT2D eigenvalue weighted by atomic mass is 10.1. The largest absolute Gasteiger partial charge is 0.336 e. The summed E-state index contributed by atoms with van der Waals surface area (Å²) >= 11 is 3.40. The fraction of sp³-hybridized carbons (Fsp3) is 0.545. The lowest BCUT2D eigenvalue weighted by Gasteiger charge is -2.29. The molecule has 1 fully saturated rings. The van der Waals surface area contributed by atoms with Crippen LogP contribution < -0.4 is 0 Å². The molecule has 2 rings (SSSR count). The molecule has 0 bridgehead atoms. The highest BCUT2D eigenvalue weighted by Crippen LogP contribution is 2.19. The third kappa shape index (κ3) is 2.58. The van der Waals surface area contributed by atoms with E-state index in [2.05, 4.69) is 25.9 Å². The minimum Gasteiger partial charge on any atom is -0.336 e. The van der Waals surface area contributed by atoms with Crippen molar-refractivity contribution in [2.24, 2.45) is 0 Å². The maximum atomic E-state index is 11.9. The van der Waals surface area contributed by atoms with Crippen LogP contribution in [0, 0.1) is 6.92 Å². The molecule has 1 aliphatic rings. The van der Waals surface area contributed by atoms with Crippen molar-refractivity contribution < 1.29 is 4.79 Å². The molecule has 1 aliphatic heterocycles. The number of carbonyl (C=O) groups is 1. The summed E-state index contributed by atoms with van der Waals surface area (Å²) in [5, 5.41) is 0. The van der Waals surface area contributed by atoms with Crippen LogP contribution in [-0.2, 0) is 11.3 Å². The number of aromatic nitrogens is 2.